The van der Waals surface area contributed by atoms with Crippen molar-refractivity contribution < 1.29 is 14.3 Å². The third-order valence-corrected chi connectivity index (χ3v) is 7.56. The van der Waals surface area contributed by atoms with Crippen molar-refractivity contribution >= 4 is 46.5 Å². The van der Waals surface area contributed by atoms with Crippen LogP contribution >= 0.6 is 23.2 Å². The van der Waals surface area contributed by atoms with E-state index in [1.807, 2.05) is 13.0 Å². The summed E-state index contributed by atoms with van der Waals surface area (Å²) in [7, 11) is 1.46. The van der Waals surface area contributed by atoms with Gasteiger partial charge in [-0.1, -0.05) is 54.4 Å². The highest BCUT2D eigenvalue weighted by atomic mass is 35.5. The van der Waals surface area contributed by atoms with Crippen LogP contribution in [0.4, 0.5) is 11.5 Å². The monoisotopic (exact) mass is 623 g/mol. The van der Waals surface area contributed by atoms with Crippen molar-refractivity contribution in [3.63, 3.8) is 0 Å². The lowest BCUT2D eigenvalue weighted by atomic mass is 10.0. The highest BCUT2D eigenvalue weighted by molar-refractivity contribution is 6.43. The van der Waals surface area contributed by atoms with Crippen LogP contribution in [-0.2, 0) is 33.7 Å². The first-order valence-corrected chi connectivity index (χ1v) is 14.3. The minimum absolute atomic E-state index is 0.0784. The van der Waals surface area contributed by atoms with Gasteiger partial charge in [-0.25, -0.2) is 9.78 Å². The van der Waals surface area contributed by atoms with Crippen LogP contribution in [0.25, 0.3) is 11.1 Å². The zero-order valence-electron chi connectivity index (χ0n) is 23.9. The van der Waals surface area contributed by atoms with Crippen LogP contribution < -0.4 is 21.9 Å². The number of carbonyl (C=O) groups excluding carboxylic acids is 2. The summed E-state index contributed by atoms with van der Waals surface area (Å²) in [6, 6.07) is 14.8. The number of pyridine rings is 1. The Labute approximate surface area is 258 Å². The van der Waals surface area contributed by atoms with Crippen LogP contribution in [0.3, 0.4) is 0 Å². The first kappa shape index (κ1) is 31.7. The molecule has 4 aromatic rings. The standard InChI is InChI=1S/C31H31Cl2N5O5/c1-4-20-11-12-22(14-21(20)15-27(39)36-26-10-5-6-13-34-26)35-28(40)17-37-16-24(23-8-7-9-25(32)29(23)33)30(41)38(31(37)42)19(2)18-43-3/h5-14,16,19H,4,15,17-18H2,1-3H3,(H,35,40)(H,34,36,39)/t19-/m1/s1. The van der Waals surface area contributed by atoms with Gasteiger partial charge in [0.2, 0.25) is 11.8 Å². The van der Waals surface area contributed by atoms with E-state index in [9.17, 15) is 19.2 Å². The number of amides is 2. The largest absolute Gasteiger partial charge is 0.383 e. The van der Waals surface area contributed by atoms with E-state index in [0.29, 0.717) is 23.5 Å². The summed E-state index contributed by atoms with van der Waals surface area (Å²) in [5.41, 5.74) is 1.32. The minimum Gasteiger partial charge on any atom is -0.383 e. The van der Waals surface area contributed by atoms with Gasteiger partial charge in [-0.05, 0) is 54.8 Å². The Morgan fingerprint density at radius 1 is 0.977 bits per heavy atom. The Balaban J connectivity index is 1.62. The molecule has 1 atom stereocenters. The molecule has 0 aliphatic rings. The second-order valence-electron chi connectivity index (χ2n) is 9.86. The molecule has 43 heavy (non-hydrogen) atoms. The quantitative estimate of drug-likeness (QED) is 0.243. The van der Waals surface area contributed by atoms with Crippen molar-refractivity contribution in [1.82, 2.24) is 14.1 Å². The van der Waals surface area contributed by atoms with E-state index < -0.39 is 29.7 Å². The van der Waals surface area contributed by atoms with E-state index in [-0.39, 0.29) is 34.5 Å². The van der Waals surface area contributed by atoms with Crippen molar-refractivity contribution in [1.29, 1.82) is 0 Å². The van der Waals surface area contributed by atoms with Crippen LogP contribution in [0.2, 0.25) is 10.0 Å². The van der Waals surface area contributed by atoms with Gasteiger partial charge >= 0.3 is 5.69 Å². The lowest BCUT2D eigenvalue weighted by Crippen LogP contribution is -2.44. The summed E-state index contributed by atoms with van der Waals surface area (Å²) in [6.45, 7) is 3.34. The number of halogens is 2. The van der Waals surface area contributed by atoms with E-state index in [4.69, 9.17) is 27.9 Å². The number of rotatable bonds is 11. The fourth-order valence-electron chi connectivity index (χ4n) is 4.70. The molecule has 0 saturated carbocycles. The van der Waals surface area contributed by atoms with E-state index in [1.54, 1.807) is 61.7 Å². The van der Waals surface area contributed by atoms with Gasteiger partial charge in [-0.2, -0.15) is 0 Å². The average Bonchev–Trinajstić information content (AvgIpc) is 2.97. The van der Waals surface area contributed by atoms with Gasteiger partial charge < -0.3 is 15.4 Å². The Hall–Kier alpha value is -4.25. The number of aryl methyl sites for hydroxylation is 1. The highest BCUT2D eigenvalue weighted by Gasteiger charge is 2.21. The van der Waals surface area contributed by atoms with E-state index >= 15 is 0 Å². The van der Waals surface area contributed by atoms with Crippen molar-refractivity contribution in [3.05, 3.63) is 109 Å². The molecule has 0 bridgehead atoms. The number of aromatic nitrogens is 3. The molecule has 10 nitrogen and oxygen atoms in total. The molecule has 2 aromatic heterocycles. The number of anilines is 2. The van der Waals surface area contributed by atoms with Gasteiger partial charge in [0.1, 0.15) is 12.4 Å². The predicted octanol–water partition coefficient (Wildman–Crippen LogP) is 4.97. The zero-order chi connectivity index (χ0) is 31.1. The molecule has 2 aromatic carbocycles. The average molecular weight is 625 g/mol. The molecule has 12 heteroatoms. The Morgan fingerprint density at radius 3 is 2.47 bits per heavy atom. The summed E-state index contributed by atoms with van der Waals surface area (Å²) < 4.78 is 7.37. The first-order chi connectivity index (χ1) is 20.6. The van der Waals surface area contributed by atoms with Crippen LogP contribution in [0.15, 0.2) is 76.6 Å². The highest BCUT2D eigenvalue weighted by Crippen LogP contribution is 2.31. The summed E-state index contributed by atoms with van der Waals surface area (Å²) in [5.74, 6) is -0.314. The molecular formula is C31H31Cl2N5O5. The van der Waals surface area contributed by atoms with Crippen molar-refractivity contribution in [2.75, 3.05) is 24.4 Å². The van der Waals surface area contributed by atoms with Crippen molar-refractivity contribution in [3.8, 4) is 11.1 Å². The molecule has 224 valence electrons. The molecule has 2 heterocycles. The summed E-state index contributed by atoms with van der Waals surface area (Å²) >= 11 is 12.6. The van der Waals surface area contributed by atoms with Crippen LogP contribution in [0.1, 0.15) is 31.0 Å². The molecule has 0 fully saturated rings. The van der Waals surface area contributed by atoms with E-state index in [0.717, 1.165) is 20.3 Å². The topological polar surface area (TPSA) is 124 Å². The molecule has 0 radical (unpaired) electrons. The minimum atomic E-state index is -0.681. The fraction of sp³-hybridized carbons (Fsp3) is 0.258. The van der Waals surface area contributed by atoms with Gasteiger partial charge in [0.05, 0.1) is 34.7 Å². The number of hydrogen-bond donors (Lipinski definition) is 2. The number of nitrogens with zero attached hydrogens (tertiary/aromatic N) is 3. The number of benzene rings is 2. The van der Waals surface area contributed by atoms with Gasteiger partial charge in [-0.3, -0.25) is 23.5 Å². The molecule has 0 aliphatic carbocycles. The smallest absolute Gasteiger partial charge is 0.331 e. The SMILES string of the molecule is CCc1ccc(NC(=O)Cn2cc(-c3cccc(Cl)c3Cl)c(=O)n([C@H](C)COC)c2=O)cc1CC(=O)Nc1ccccn1. The molecule has 2 N–H and O–H groups in total. The van der Waals surface area contributed by atoms with Crippen molar-refractivity contribution in [2.45, 2.75) is 39.3 Å². The second-order valence-corrected chi connectivity index (χ2v) is 10.6. The normalized spacial score (nSPS) is 11.7. The molecule has 2 amide bonds. The van der Waals surface area contributed by atoms with Crippen LogP contribution in [-0.4, -0.2) is 39.6 Å². The molecule has 4 rings (SSSR count). The number of methoxy groups -OCH3 is 1. The third kappa shape index (κ3) is 7.59. The Morgan fingerprint density at radius 2 is 1.77 bits per heavy atom. The Kier molecular flexibility index (Phi) is 10.5. The number of nitrogens with one attached hydrogen (secondary N) is 2. The Bertz CT molecular complexity index is 1750. The summed E-state index contributed by atoms with van der Waals surface area (Å²) in [4.78, 5) is 56.9. The van der Waals surface area contributed by atoms with Gasteiger partial charge in [0.15, 0.2) is 0 Å². The summed E-state index contributed by atoms with van der Waals surface area (Å²) in [6.07, 6.45) is 3.66. The maximum Gasteiger partial charge on any atom is 0.331 e. The third-order valence-electron chi connectivity index (χ3n) is 6.74. The molecular weight excluding hydrogens is 593 g/mol. The maximum absolute atomic E-state index is 13.5. The molecule has 0 saturated heterocycles. The zero-order valence-corrected chi connectivity index (χ0v) is 25.4. The lowest BCUT2D eigenvalue weighted by molar-refractivity contribution is -0.117. The van der Waals surface area contributed by atoms with Gasteiger partial charge in [0, 0.05) is 30.8 Å². The van der Waals surface area contributed by atoms with Gasteiger partial charge in [-0.15, -0.1) is 0 Å². The number of ether oxygens (including phenoxy) is 1. The maximum atomic E-state index is 13.5. The molecule has 0 spiro atoms. The first-order valence-electron chi connectivity index (χ1n) is 13.5. The second kappa shape index (κ2) is 14.3. The van der Waals surface area contributed by atoms with Crippen LogP contribution in [0, 0.1) is 0 Å². The van der Waals surface area contributed by atoms with Gasteiger partial charge in [0.25, 0.3) is 5.56 Å². The lowest BCUT2D eigenvalue weighted by Gasteiger charge is -2.18. The number of hydrogen-bond acceptors (Lipinski definition) is 6. The van der Waals surface area contributed by atoms with Crippen LogP contribution in [0.5, 0.6) is 0 Å². The van der Waals surface area contributed by atoms with E-state index in [2.05, 4.69) is 15.6 Å². The molecule has 0 unspecified atom stereocenters. The van der Waals surface area contributed by atoms with E-state index in [1.165, 1.54) is 13.3 Å². The summed E-state index contributed by atoms with van der Waals surface area (Å²) in [5, 5.41) is 5.96. The van der Waals surface area contributed by atoms with Crippen molar-refractivity contribution in [2.24, 2.45) is 0 Å². The predicted molar refractivity (Wildman–Crippen MR) is 168 cm³/mol. The fourth-order valence-corrected chi connectivity index (χ4v) is 5.10. The molecule has 0 aliphatic heterocycles. The number of carbonyl (C=O) groups is 2.